The van der Waals surface area contributed by atoms with Gasteiger partial charge in [0.05, 0.1) is 53.7 Å². The highest BCUT2D eigenvalue weighted by Crippen LogP contribution is 2.36. The van der Waals surface area contributed by atoms with Crippen LogP contribution < -0.4 is 26.6 Å². The van der Waals surface area contributed by atoms with Crippen molar-refractivity contribution in [1.29, 1.82) is 0 Å². The van der Waals surface area contributed by atoms with E-state index in [2.05, 4.69) is 73.6 Å². The average molecular weight is 813 g/mol. The maximum absolute atomic E-state index is 12.7. The second-order valence-corrected chi connectivity index (χ2v) is 16.3. The van der Waals surface area contributed by atoms with Gasteiger partial charge >= 0.3 is 6.09 Å². The molecule has 0 atom stereocenters. The van der Waals surface area contributed by atoms with Crippen molar-refractivity contribution in [3.8, 4) is 22.5 Å². The molecule has 14 nitrogen and oxygen atoms in total. The second-order valence-electron chi connectivity index (χ2n) is 16.3. The summed E-state index contributed by atoms with van der Waals surface area (Å²) in [6.07, 6.45) is 3.29. The third-order valence-corrected chi connectivity index (χ3v) is 12.3. The zero-order valence-corrected chi connectivity index (χ0v) is 34.7. The first-order valence-corrected chi connectivity index (χ1v) is 21.0. The van der Waals surface area contributed by atoms with Crippen molar-refractivity contribution in [2.24, 2.45) is 0 Å². The van der Waals surface area contributed by atoms with Crippen molar-refractivity contribution in [3.05, 3.63) is 108 Å². The Balaban J connectivity index is 0.000000176. The summed E-state index contributed by atoms with van der Waals surface area (Å²) >= 11 is 0. The summed E-state index contributed by atoms with van der Waals surface area (Å²) in [6.45, 7) is 12.1. The van der Waals surface area contributed by atoms with E-state index in [9.17, 15) is 4.79 Å². The molecule has 0 saturated carbocycles. The highest BCUT2D eigenvalue weighted by molar-refractivity contribution is 5.74. The lowest BCUT2D eigenvalue weighted by molar-refractivity contribution is -0.115. The monoisotopic (exact) mass is 812 g/mol. The SMILES string of the molecule is Cc1ccccc1-c1cc(N2CCC3(CC2)CN(C(=O)OCc2ccccc2)CCO3)c(N)nn1.Cc1ccccc1-c1cc(N2CCC3(CC2)CNCCO3)c(N)nn1. The molecule has 2 aromatic heterocycles. The predicted octanol–water partition coefficient (Wildman–Crippen LogP) is 6.04. The van der Waals surface area contributed by atoms with Crippen LogP contribution in [0.4, 0.5) is 27.8 Å². The number of benzene rings is 3. The first kappa shape index (κ1) is 40.9. The molecule has 1 amide bonds. The molecule has 5 aromatic rings. The summed E-state index contributed by atoms with van der Waals surface area (Å²) in [5.41, 5.74) is 21.0. The van der Waals surface area contributed by atoms with Gasteiger partial charge in [0.2, 0.25) is 0 Å². The van der Waals surface area contributed by atoms with E-state index in [1.807, 2.05) is 66.7 Å². The van der Waals surface area contributed by atoms with Crippen LogP contribution >= 0.6 is 0 Å². The van der Waals surface area contributed by atoms with Crippen LogP contribution in [0.25, 0.3) is 22.5 Å². The van der Waals surface area contributed by atoms with Crippen LogP contribution in [0.5, 0.6) is 0 Å². The molecule has 2 spiro atoms. The number of hydrogen-bond acceptors (Lipinski definition) is 13. The molecule has 3 aromatic carbocycles. The molecule has 6 heterocycles. The molecule has 9 rings (SSSR count). The lowest BCUT2D eigenvalue weighted by atomic mass is 9.89. The summed E-state index contributed by atoms with van der Waals surface area (Å²) in [5, 5.41) is 20.6. The van der Waals surface area contributed by atoms with Crippen LogP contribution in [-0.2, 0) is 20.8 Å². The van der Waals surface area contributed by atoms with E-state index < -0.39 is 0 Å². The van der Waals surface area contributed by atoms with Gasteiger partial charge in [-0.25, -0.2) is 4.79 Å². The molecule has 0 aliphatic carbocycles. The van der Waals surface area contributed by atoms with Gasteiger partial charge in [-0.2, -0.15) is 0 Å². The predicted molar refractivity (Wildman–Crippen MR) is 235 cm³/mol. The number of amides is 1. The maximum atomic E-state index is 12.7. The number of carbonyl (C=O) groups is 1. The fourth-order valence-electron chi connectivity index (χ4n) is 8.73. The molecule has 4 aliphatic rings. The molecule has 4 fully saturated rings. The van der Waals surface area contributed by atoms with Gasteiger partial charge in [0.1, 0.15) is 6.61 Å². The van der Waals surface area contributed by atoms with Gasteiger partial charge in [0.25, 0.3) is 0 Å². The number of nitrogens with two attached hydrogens (primary N) is 2. The third kappa shape index (κ3) is 9.30. The lowest BCUT2D eigenvalue weighted by Gasteiger charge is -2.47. The van der Waals surface area contributed by atoms with Crippen LogP contribution in [0.1, 0.15) is 42.4 Å². The number of anilines is 4. The van der Waals surface area contributed by atoms with Crippen molar-refractivity contribution in [3.63, 3.8) is 0 Å². The largest absolute Gasteiger partial charge is 0.445 e. The van der Waals surface area contributed by atoms with Crippen LogP contribution in [0.15, 0.2) is 91.0 Å². The summed E-state index contributed by atoms with van der Waals surface area (Å²) in [6, 6.07) is 30.2. The standard InChI is InChI=1S/C27H31N5O3.C19H25N5O/c1-20-7-5-6-10-22(20)23-17-24(25(28)30-29-23)31-13-11-27(12-14-31)19-32(15-16-35-27)26(33)34-18-21-8-3-2-4-9-21;1-14-4-2-3-5-15(14)16-12-17(18(20)23-22-16)24-9-6-19(7-10-24)13-21-8-11-25-19/h2-10,17H,11-16,18-19H2,1H3,(H2,28,30);2-5,12,21H,6-11,13H2,1H3,(H2,20,23). The van der Waals surface area contributed by atoms with Crippen LogP contribution in [0.2, 0.25) is 0 Å². The number of hydrogen-bond donors (Lipinski definition) is 3. The van der Waals surface area contributed by atoms with Gasteiger partial charge in [0, 0.05) is 56.9 Å². The molecule has 4 saturated heterocycles. The molecule has 4 aliphatic heterocycles. The van der Waals surface area contributed by atoms with Gasteiger partial charge in [-0.3, -0.25) is 0 Å². The van der Waals surface area contributed by atoms with Crippen LogP contribution in [0.3, 0.4) is 0 Å². The van der Waals surface area contributed by atoms with Crippen LogP contribution in [0, 0.1) is 13.8 Å². The summed E-state index contributed by atoms with van der Waals surface area (Å²) in [7, 11) is 0. The molecule has 5 N–H and O–H groups in total. The fourth-order valence-corrected chi connectivity index (χ4v) is 8.73. The highest BCUT2D eigenvalue weighted by atomic mass is 16.6. The van der Waals surface area contributed by atoms with E-state index in [-0.39, 0.29) is 23.9 Å². The number of piperidine rings is 2. The summed E-state index contributed by atoms with van der Waals surface area (Å²) in [4.78, 5) is 19.1. The molecule has 14 heteroatoms. The lowest BCUT2D eigenvalue weighted by Crippen LogP contribution is -2.58. The van der Waals surface area contributed by atoms with E-state index in [0.717, 1.165) is 117 Å². The van der Waals surface area contributed by atoms with Crippen molar-refractivity contribution >= 4 is 29.1 Å². The minimum absolute atomic E-state index is 0.0111. The number of aryl methyl sites for hydroxylation is 2. The first-order chi connectivity index (χ1) is 29.2. The highest BCUT2D eigenvalue weighted by Gasteiger charge is 2.42. The number of nitrogen functional groups attached to an aromatic ring is 2. The third-order valence-electron chi connectivity index (χ3n) is 12.3. The van der Waals surface area contributed by atoms with E-state index in [1.165, 1.54) is 5.56 Å². The van der Waals surface area contributed by atoms with Gasteiger partial charge < -0.3 is 45.7 Å². The van der Waals surface area contributed by atoms with Crippen LogP contribution in [-0.4, -0.2) is 108 Å². The van der Waals surface area contributed by atoms with Gasteiger partial charge in [-0.05, 0) is 68.4 Å². The number of nitrogens with zero attached hydrogens (tertiary/aromatic N) is 7. The van der Waals surface area contributed by atoms with Crippen molar-refractivity contribution < 1.29 is 19.0 Å². The number of morpholine rings is 2. The summed E-state index contributed by atoms with van der Waals surface area (Å²) < 4.78 is 17.9. The molecule has 314 valence electrons. The smallest absolute Gasteiger partial charge is 0.410 e. The normalized spacial score (nSPS) is 18.5. The van der Waals surface area contributed by atoms with E-state index in [1.54, 1.807) is 4.90 Å². The van der Waals surface area contributed by atoms with Gasteiger partial charge in [-0.15, -0.1) is 20.4 Å². The van der Waals surface area contributed by atoms with Crippen molar-refractivity contribution in [2.45, 2.75) is 57.3 Å². The molecule has 0 bridgehead atoms. The zero-order chi connectivity index (χ0) is 41.5. The first-order valence-electron chi connectivity index (χ1n) is 21.0. The molecular weight excluding hydrogens is 757 g/mol. The van der Waals surface area contributed by atoms with Gasteiger partial charge in [0.15, 0.2) is 11.6 Å². The molecule has 60 heavy (non-hydrogen) atoms. The fraction of sp³-hybridized carbons (Fsp3) is 0.413. The Hall–Kier alpha value is -5.83. The Bertz CT molecular complexity index is 2230. The molecule has 0 radical (unpaired) electrons. The van der Waals surface area contributed by atoms with E-state index in [0.29, 0.717) is 31.3 Å². The second kappa shape index (κ2) is 18.2. The Morgan fingerprint density at radius 2 is 1.20 bits per heavy atom. The molecular formula is C46H56N10O4. The number of rotatable bonds is 6. The van der Waals surface area contributed by atoms with E-state index in [4.69, 9.17) is 25.7 Å². The number of ether oxygens (including phenoxy) is 3. The molecule has 0 unspecified atom stereocenters. The summed E-state index contributed by atoms with van der Waals surface area (Å²) in [5.74, 6) is 0.921. The maximum Gasteiger partial charge on any atom is 0.410 e. The Morgan fingerprint density at radius 1 is 0.683 bits per heavy atom. The number of carbonyl (C=O) groups excluding carboxylic acids is 1. The van der Waals surface area contributed by atoms with E-state index >= 15 is 0 Å². The minimum atomic E-state index is -0.366. The Kier molecular flexibility index (Phi) is 12.4. The Morgan fingerprint density at radius 3 is 1.73 bits per heavy atom. The zero-order valence-electron chi connectivity index (χ0n) is 34.7. The Labute approximate surface area is 352 Å². The number of aromatic nitrogens is 4. The van der Waals surface area contributed by atoms with Gasteiger partial charge in [-0.1, -0.05) is 78.9 Å². The number of nitrogens with one attached hydrogen (secondary N) is 1. The quantitative estimate of drug-likeness (QED) is 0.182. The van der Waals surface area contributed by atoms with Crippen molar-refractivity contribution in [1.82, 2.24) is 30.6 Å². The van der Waals surface area contributed by atoms with Crippen molar-refractivity contribution in [2.75, 3.05) is 86.8 Å². The minimum Gasteiger partial charge on any atom is -0.445 e. The topological polar surface area (TPSA) is 170 Å². The average Bonchev–Trinajstić information content (AvgIpc) is 3.28.